The maximum Gasteiger partial charge on any atom is 0.414 e. The number of likely N-dealkylation sites (tertiary alicyclic amines) is 1. The molecule has 0 spiro atoms. The SMILES string of the molecule is COCc1nc(OC(=O)NC2CCN(C(C)C)CC2)cn1Cc1cc(-c2ccc(Cl)s2)on1. The zero-order valence-electron chi connectivity index (χ0n) is 18.9. The van der Waals surface area contributed by atoms with Gasteiger partial charge in [-0.2, -0.15) is 4.98 Å². The van der Waals surface area contributed by atoms with Crippen LogP contribution in [0.1, 0.15) is 38.2 Å². The van der Waals surface area contributed by atoms with Gasteiger partial charge in [0.2, 0.25) is 5.88 Å². The Kier molecular flexibility index (Phi) is 7.69. The highest BCUT2D eigenvalue weighted by Gasteiger charge is 2.23. The Morgan fingerprint density at radius 1 is 1.36 bits per heavy atom. The van der Waals surface area contributed by atoms with E-state index in [0.29, 0.717) is 34.2 Å². The average molecular weight is 494 g/mol. The number of piperidine rings is 1. The van der Waals surface area contributed by atoms with E-state index in [9.17, 15) is 4.79 Å². The first kappa shape index (κ1) is 23.7. The van der Waals surface area contributed by atoms with Crippen LogP contribution in [0.5, 0.6) is 5.88 Å². The number of halogens is 1. The highest BCUT2D eigenvalue weighted by Crippen LogP contribution is 2.31. The molecule has 3 aromatic heterocycles. The van der Waals surface area contributed by atoms with Gasteiger partial charge < -0.3 is 28.8 Å². The quantitative estimate of drug-likeness (QED) is 0.496. The molecule has 178 valence electrons. The van der Waals surface area contributed by atoms with Crippen LogP contribution in [0, 0.1) is 0 Å². The highest BCUT2D eigenvalue weighted by molar-refractivity contribution is 7.19. The maximum absolute atomic E-state index is 12.4. The minimum absolute atomic E-state index is 0.104. The van der Waals surface area contributed by atoms with Gasteiger partial charge in [-0.1, -0.05) is 16.8 Å². The molecular formula is C22H28ClN5O4S. The van der Waals surface area contributed by atoms with Crippen LogP contribution in [-0.4, -0.2) is 58.0 Å². The summed E-state index contributed by atoms with van der Waals surface area (Å²) in [6, 6.07) is 6.19. The molecule has 0 saturated carbocycles. The van der Waals surface area contributed by atoms with Crippen LogP contribution in [0.25, 0.3) is 10.6 Å². The van der Waals surface area contributed by atoms with Gasteiger partial charge in [0.05, 0.1) is 22.0 Å². The van der Waals surface area contributed by atoms with Crippen LogP contribution < -0.4 is 10.1 Å². The lowest BCUT2D eigenvalue weighted by atomic mass is 10.0. The summed E-state index contributed by atoms with van der Waals surface area (Å²) < 4.78 is 18.7. The first-order valence-electron chi connectivity index (χ1n) is 10.9. The Labute approximate surface area is 201 Å². The average Bonchev–Trinajstić information content (AvgIpc) is 3.50. The van der Waals surface area contributed by atoms with Crippen molar-refractivity contribution in [3.05, 3.63) is 40.3 Å². The molecule has 1 N–H and O–H groups in total. The van der Waals surface area contributed by atoms with Crippen LogP contribution >= 0.6 is 22.9 Å². The largest absolute Gasteiger partial charge is 0.414 e. The summed E-state index contributed by atoms with van der Waals surface area (Å²) in [5.41, 5.74) is 0.706. The molecule has 0 bridgehead atoms. The normalized spacial score (nSPS) is 15.3. The molecule has 0 aromatic carbocycles. The molecule has 0 aliphatic carbocycles. The second kappa shape index (κ2) is 10.7. The van der Waals surface area contributed by atoms with Gasteiger partial charge in [-0.25, -0.2) is 4.79 Å². The third-order valence-electron chi connectivity index (χ3n) is 5.60. The lowest BCUT2D eigenvalue weighted by Gasteiger charge is -2.34. The van der Waals surface area contributed by atoms with Crippen molar-refractivity contribution >= 4 is 29.0 Å². The topological polar surface area (TPSA) is 94.7 Å². The van der Waals surface area contributed by atoms with Gasteiger partial charge in [-0.15, -0.1) is 11.3 Å². The molecule has 33 heavy (non-hydrogen) atoms. The lowest BCUT2D eigenvalue weighted by molar-refractivity contribution is 0.151. The zero-order chi connectivity index (χ0) is 23.4. The molecule has 1 aliphatic heterocycles. The first-order valence-corrected chi connectivity index (χ1v) is 12.1. The van der Waals surface area contributed by atoms with Crippen LogP contribution in [0.4, 0.5) is 4.79 Å². The second-order valence-electron chi connectivity index (χ2n) is 8.28. The Morgan fingerprint density at radius 2 is 2.15 bits per heavy atom. The van der Waals surface area contributed by atoms with E-state index >= 15 is 0 Å². The Balaban J connectivity index is 1.37. The molecule has 1 saturated heterocycles. The van der Waals surface area contributed by atoms with Crippen molar-refractivity contribution in [2.45, 2.75) is 51.9 Å². The van der Waals surface area contributed by atoms with Crippen molar-refractivity contribution in [3.8, 4) is 16.5 Å². The van der Waals surface area contributed by atoms with Crippen LogP contribution in [0.15, 0.2) is 28.9 Å². The number of methoxy groups -OCH3 is 1. The zero-order valence-corrected chi connectivity index (χ0v) is 20.5. The molecule has 0 unspecified atom stereocenters. The first-order chi connectivity index (χ1) is 15.9. The van der Waals surface area contributed by atoms with E-state index in [2.05, 4.69) is 34.2 Å². The molecule has 4 rings (SSSR count). The van der Waals surface area contributed by atoms with Crippen LogP contribution in [0.2, 0.25) is 4.34 Å². The lowest BCUT2D eigenvalue weighted by Crippen LogP contribution is -2.47. The van der Waals surface area contributed by atoms with Gasteiger partial charge in [0.1, 0.15) is 18.1 Å². The van der Waals surface area contributed by atoms with Crippen molar-refractivity contribution < 1.29 is 18.8 Å². The van der Waals surface area contributed by atoms with Gasteiger partial charge in [-0.05, 0) is 38.8 Å². The molecule has 3 aromatic rings. The summed E-state index contributed by atoms with van der Waals surface area (Å²) in [7, 11) is 1.59. The monoisotopic (exact) mass is 493 g/mol. The Hall–Kier alpha value is -2.40. The third-order valence-corrected chi connectivity index (χ3v) is 6.84. The highest BCUT2D eigenvalue weighted by atomic mass is 35.5. The van der Waals surface area contributed by atoms with Gasteiger partial charge >= 0.3 is 6.09 Å². The van der Waals surface area contributed by atoms with E-state index in [-0.39, 0.29) is 18.5 Å². The number of nitrogens with zero attached hydrogens (tertiary/aromatic N) is 4. The number of aromatic nitrogens is 3. The van der Waals surface area contributed by atoms with Crippen LogP contribution in [-0.2, 0) is 17.9 Å². The number of rotatable bonds is 8. The van der Waals surface area contributed by atoms with Crippen molar-refractivity contribution in [3.63, 3.8) is 0 Å². The molecule has 0 radical (unpaired) electrons. The van der Waals surface area contributed by atoms with Crippen molar-refractivity contribution in [1.82, 2.24) is 24.9 Å². The smallest absolute Gasteiger partial charge is 0.390 e. The fourth-order valence-electron chi connectivity index (χ4n) is 3.83. The number of hydrogen-bond acceptors (Lipinski definition) is 8. The van der Waals surface area contributed by atoms with Crippen molar-refractivity contribution in [2.24, 2.45) is 0 Å². The Bertz CT molecular complexity index is 1070. The second-order valence-corrected chi connectivity index (χ2v) is 10.00. The van der Waals surface area contributed by atoms with Crippen molar-refractivity contribution in [2.75, 3.05) is 20.2 Å². The maximum atomic E-state index is 12.4. The fourth-order valence-corrected chi connectivity index (χ4v) is 4.82. The minimum Gasteiger partial charge on any atom is -0.390 e. The summed E-state index contributed by atoms with van der Waals surface area (Å²) in [4.78, 5) is 20.1. The van der Waals surface area contributed by atoms with E-state index in [4.69, 9.17) is 25.6 Å². The Morgan fingerprint density at radius 3 is 2.82 bits per heavy atom. The predicted octanol–water partition coefficient (Wildman–Crippen LogP) is 4.41. The summed E-state index contributed by atoms with van der Waals surface area (Å²) in [5.74, 6) is 1.48. The van der Waals surface area contributed by atoms with E-state index in [1.807, 2.05) is 22.8 Å². The molecule has 1 amide bonds. The van der Waals surface area contributed by atoms with Gasteiger partial charge in [0.25, 0.3) is 0 Å². The molecule has 9 nitrogen and oxygen atoms in total. The summed E-state index contributed by atoms with van der Waals surface area (Å²) >= 11 is 7.43. The fraction of sp³-hybridized carbons (Fsp3) is 0.500. The van der Waals surface area contributed by atoms with E-state index in [1.54, 1.807) is 13.3 Å². The predicted molar refractivity (Wildman–Crippen MR) is 126 cm³/mol. The summed E-state index contributed by atoms with van der Waals surface area (Å²) in [5, 5.41) is 7.09. The van der Waals surface area contributed by atoms with E-state index in [0.717, 1.165) is 30.8 Å². The standard InChI is InChI=1S/C22H28ClN5O4S/c1-14(2)27-8-6-15(7-9-27)24-22(29)31-21-12-28(20(25-21)13-30-3)11-16-10-17(32-26-16)18-4-5-19(23)33-18/h4-5,10,12,14-15H,6-9,11,13H2,1-3H3,(H,24,29). The minimum atomic E-state index is -0.495. The van der Waals surface area contributed by atoms with Gasteiger partial charge in [0.15, 0.2) is 5.76 Å². The number of thiophene rings is 1. The number of carbonyl (C=O) groups is 1. The summed E-state index contributed by atoms with van der Waals surface area (Å²) in [6.45, 7) is 6.97. The van der Waals surface area contributed by atoms with Crippen LogP contribution in [0.3, 0.4) is 0 Å². The number of ether oxygens (including phenoxy) is 2. The molecule has 1 aliphatic rings. The van der Waals surface area contributed by atoms with Gasteiger partial charge in [-0.3, -0.25) is 0 Å². The molecule has 1 fully saturated rings. The number of hydrogen-bond donors (Lipinski definition) is 1. The molecule has 11 heteroatoms. The number of nitrogens with one attached hydrogen (secondary N) is 1. The van der Waals surface area contributed by atoms with Gasteiger partial charge in [0, 0.05) is 38.3 Å². The number of amides is 1. The van der Waals surface area contributed by atoms with E-state index in [1.165, 1.54) is 11.3 Å². The molecular weight excluding hydrogens is 466 g/mol. The number of carbonyl (C=O) groups excluding carboxylic acids is 1. The summed E-state index contributed by atoms with van der Waals surface area (Å²) in [6.07, 6.45) is 2.98. The molecule has 4 heterocycles. The molecule has 0 atom stereocenters. The van der Waals surface area contributed by atoms with E-state index < -0.39 is 6.09 Å². The van der Waals surface area contributed by atoms with Crippen molar-refractivity contribution in [1.29, 1.82) is 0 Å². The third kappa shape index (κ3) is 6.14. The number of imidazole rings is 1.